The number of fused-ring (bicyclic) bond motifs is 1. The van der Waals surface area contributed by atoms with Crippen molar-refractivity contribution in [3.05, 3.63) is 75.8 Å². The first-order valence-electron chi connectivity index (χ1n) is 12.3. The molecule has 6 nitrogen and oxygen atoms in total. The summed E-state index contributed by atoms with van der Waals surface area (Å²) in [7, 11) is 0. The Balaban J connectivity index is 0.000000248. The Bertz CT molecular complexity index is 1270. The van der Waals surface area contributed by atoms with Gasteiger partial charge in [0.25, 0.3) is 5.91 Å². The van der Waals surface area contributed by atoms with Gasteiger partial charge < -0.3 is 20.7 Å². The number of nitrogen functional groups attached to an aromatic ring is 1. The molecule has 1 fully saturated rings. The Morgan fingerprint density at radius 2 is 1.81 bits per heavy atom. The Morgan fingerprint density at radius 3 is 2.43 bits per heavy atom. The Hall–Kier alpha value is -3.13. The van der Waals surface area contributed by atoms with Crippen molar-refractivity contribution in [3.8, 4) is 0 Å². The minimum Gasteiger partial charge on any atom is -0.444 e. The second kappa shape index (κ2) is 11.9. The normalized spacial score (nSPS) is 16.1. The largest absolute Gasteiger partial charge is 0.444 e. The number of nitrogens with one attached hydrogen (secondary N) is 1. The van der Waals surface area contributed by atoms with E-state index in [1.54, 1.807) is 32.9 Å². The minimum absolute atomic E-state index is 0.112. The average Bonchev–Trinajstić information content (AvgIpc) is 3.27. The summed E-state index contributed by atoms with van der Waals surface area (Å²) < 4.78 is 18.9. The van der Waals surface area contributed by atoms with Gasteiger partial charge in [0.05, 0.1) is 12.6 Å². The molecule has 0 radical (unpaired) electrons. The lowest BCUT2D eigenvalue weighted by molar-refractivity contribution is 0.0284. The highest BCUT2D eigenvalue weighted by Crippen LogP contribution is 2.30. The highest BCUT2D eigenvalue weighted by atomic mass is 79.9. The van der Waals surface area contributed by atoms with Crippen LogP contribution >= 0.6 is 15.9 Å². The average molecular weight is 573 g/mol. The summed E-state index contributed by atoms with van der Waals surface area (Å²) in [5.74, 6) is -0.112. The van der Waals surface area contributed by atoms with E-state index in [0.29, 0.717) is 24.2 Å². The molecule has 4 rings (SSSR count). The summed E-state index contributed by atoms with van der Waals surface area (Å²) in [5, 5.41) is 5.35. The van der Waals surface area contributed by atoms with Crippen molar-refractivity contribution < 1.29 is 18.7 Å². The molecule has 37 heavy (non-hydrogen) atoms. The number of halogens is 2. The number of benzene rings is 3. The molecular weight excluding hydrogens is 537 g/mol. The lowest BCUT2D eigenvalue weighted by atomic mass is 9.99. The summed E-state index contributed by atoms with van der Waals surface area (Å²) in [6.45, 7) is 9.95. The number of rotatable bonds is 3. The van der Waals surface area contributed by atoms with Crippen molar-refractivity contribution in [2.45, 2.75) is 58.9 Å². The number of hydrogen-bond acceptors (Lipinski definition) is 4. The molecule has 0 aromatic heterocycles. The molecule has 0 saturated carbocycles. The number of likely N-dealkylation sites (tertiary alicyclic amines) is 1. The van der Waals surface area contributed by atoms with E-state index >= 15 is 0 Å². The molecule has 1 heterocycles. The van der Waals surface area contributed by atoms with Crippen molar-refractivity contribution in [1.29, 1.82) is 0 Å². The first kappa shape index (κ1) is 28.4. The monoisotopic (exact) mass is 571 g/mol. The molecular formula is C29H35BrFN3O3. The van der Waals surface area contributed by atoms with Gasteiger partial charge in [-0.3, -0.25) is 4.79 Å². The molecule has 0 spiro atoms. The number of alkyl halides is 1. The number of nitrogens with zero attached hydrogens (tertiary/aromatic N) is 1. The fraction of sp³-hybridized carbons (Fsp3) is 0.379. The number of amides is 2. The summed E-state index contributed by atoms with van der Waals surface area (Å²) in [6.07, 6.45) is -0.862. The third-order valence-electron chi connectivity index (χ3n) is 6.01. The van der Waals surface area contributed by atoms with Gasteiger partial charge in [-0.15, -0.1) is 0 Å². The number of carbonyl (C=O) groups excluding carboxylic acids is 2. The highest BCUT2D eigenvalue weighted by molar-refractivity contribution is 9.10. The summed E-state index contributed by atoms with van der Waals surface area (Å²) >= 11 is 3.58. The van der Waals surface area contributed by atoms with Crippen LogP contribution in [0.4, 0.5) is 14.9 Å². The lowest BCUT2D eigenvalue weighted by Crippen LogP contribution is -2.35. The molecule has 1 saturated heterocycles. The van der Waals surface area contributed by atoms with Crippen LogP contribution in [-0.2, 0) is 4.74 Å². The zero-order chi connectivity index (χ0) is 27.3. The predicted octanol–water partition coefficient (Wildman–Crippen LogP) is 6.95. The summed E-state index contributed by atoms with van der Waals surface area (Å²) in [4.78, 5) is 25.4. The molecule has 0 bridgehead atoms. The summed E-state index contributed by atoms with van der Waals surface area (Å²) in [6, 6.07) is 17.5. The molecule has 2 amide bonds. The number of ether oxygens (including phenoxy) is 1. The van der Waals surface area contributed by atoms with E-state index in [1.165, 1.54) is 4.90 Å². The van der Waals surface area contributed by atoms with Crippen molar-refractivity contribution >= 4 is 44.4 Å². The molecule has 1 aliphatic heterocycles. The number of nitrogens with two attached hydrogens (primary N) is 1. The number of carbonyl (C=O) groups is 2. The first-order chi connectivity index (χ1) is 17.4. The van der Waals surface area contributed by atoms with Crippen LogP contribution in [0.2, 0.25) is 0 Å². The zero-order valence-electron chi connectivity index (χ0n) is 22.0. The van der Waals surface area contributed by atoms with E-state index in [0.717, 1.165) is 26.4 Å². The number of hydrogen-bond donors (Lipinski definition) is 2. The number of anilines is 1. The fourth-order valence-electron chi connectivity index (χ4n) is 4.11. The Morgan fingerprint density at radius 1 is 1.14 bits per heavy atom. The molecule has 3 N–H and O–H groups in total. The van der Waals surface area contributed by atoms with Gasteiger partial charge in [-0.2, -0.15) is 0 Å². The van der Waals surface area contributed by atoms with E-state index in [2.05, 4.69) is 33.4 Å². The third kappa shape index (κ3) is 7.68. The van der Waals surface area contributed by atoms with Gasteiger partial charge in [0.1, 0.15) is 11.8 Å². The van der Waals surface area contributed by atoms with Crippen LogP contribution in [0.5, 0.6) is 0 Å². The lowest BCUT2D eigenvalue weighted by Gasteiger charge is -2.23. The summed E-state index contributed by atoms with van der Waals surface area (Å²) in [5.41, 5.74) is 8.52. The molecule has 198 valence electrons. The number of aryl methyl sites for hydroxylation is 1. The van der Waals surface area contributed by atoms with Gasteiger partial charge in [0.2, 0.25) is 0 Å². The molecule has 1 aliphatic rings. The van der Waals surface area contributed by atoms with Crippen LogP contribution in [0.1, 0.15) is 61.6 Å². The van der Waals surface area contributed by atoms with E-state index in [4.69, 9.17) is 10.5 Å². The van der Waals surface area contributed by atoms with Crippen LogP contribution in [-0.4, -0.2) is 41.8 Å². The fourth-order valence-corrected chi connectivity index (χ4v) is 4.59. The van der Waals surface area contributed by atoms with Crippen molar-refractivity contribution in [3.63, 3.8) is 0 Å². The zero-order valence-corrected chi connectivity index (χ0v) is 23.6. The van der Waals surface area contributed by atoms with Crippen molar-refractivity contribution in [1.82, 2.24) is 10.2 Å². The van der Waals surface area contributed by atoms with Gasteiger partial charge in [-0.05, 0) is 81.1 Å². The van der Waals surface area contributed by atoms with Crippen LogP contribution in [0, 0.1) is 6.92 Å². The minimum atomic E-state index is -0.882. The van der Waals surface area contributed by atoms with Crippen LogP contribution in [0.3, 0.4) is 0 Å². The maximum atomic E-state index is 12.7. The van der Waals surface area contributed by atoms with E-state index in [-0.39, 0.29) is 18.5 Å². The molecule has 3 aromatic carbocycles. The standard InChI is InChI=1S/C20H19BrN2O.C9H16FNO2/c1-12-7-8-14(22)11-18(12)20(24)23-13(2)15-9-10-19(21)17-6-4-3-5-16(15)17;1-9(2,3)13-8(12)11-5-4-7(10)6-11/h3-11,13H,22H2,1-2H3,(H,23,24);7H,4-6H2,1-3H3. The smallest absolute Gasteiger partial charge is 0.410 e. The second-order valence-electron chi connectivity index (χ2n) is 10.3. The van der Waals surface area contributed by atoms with Crippen LogP contribution in [0.15, 0.2) is 59.1 Å². The molecule has 2 unspecified atom stereocenters. The van der Waals surface area contributed by atoms with Crippen LogP contribution in [0.25, 0.3) is 10.8 Å². The third-order valence-corrected chi connectivity index (χ3v) is 6.70. The highest BCUT2D eigenvalue weighted by Gasteiger charge is 2.29. The molecule has 0 aliphatic carbocycles. The Kier molecular flexibility index (Phi) is 9.18. The topological polar surface area (TPSA) is 84.7 Å². The van der Waals surface area contributed by atoms with Crippen molar-refractivity contribution in [2.75, 3.05) is 18.8 Å². The van der Waals surface area contributed by atoms with E-state index in [1.807, 2.05) is 44.2 Å². The van der Waals surface area contributed by atoms with Gasteiger partial charge in [-0.1, -0.05) is 52.3 Å². The predicted molar refractivity (Wildman–Crippen MR) is 150 cm³/mol. The van der Waals surface area contributed by atoms with Gasteiger partial charge in [0.15, 0.2) is 0 Å². The molecule has 8 heteroatoms. The van der Waals surface area contributed by atoms with Gasteiger partial charge in [-0.25, -0.2) is 9.18 Å². The molecule has 3 aromatic rings. The Labute approximate surface area is 226 Å². The van der Waals surface area contributed by atoms with Gasteiger partial charge >= 0.3 is 6.09 Å². The SMILES string of the molecule is CC(C)(C)OC(=O)N1CCC(F)C1.Cc1ccc(N)cc1C(=O)NC(C)c1ccc(Br)c2ccccc12. The van der Waals surface area contributed by atoms with Crippen LogP contribution < -0.4 is 11.1 Å². The molecule has 2 atom stereocenters. The van der Waals surface area contributed by atoms with E-state index in [9.17, 15) is 14.0 Å². The maximum absolute atomic E-state index is 12.7. The maximum Gasteiger partial charge on any atom is 0.410 e. The second-order valence-corrected chi connectivity index (χ2v) is 11.1. The van der Waals surface area contributed by atoms with Gasteiger partial charge in [0, 0.05) is 22.3 Å². The quantitative estimate of drug-likeness (QED) is 0.333. The first-order valence-corrected chi connectivity index (χ1v) is 13.1. The van der Waals surface area contributed by atoms with E-state index < -0.39 is 17.9 Å². The van der Waals surface area contributed by atoms with Crippen molar-refractivity contribution in [2.24, 2.45) is 0 Å².